The summed E-state index contributed by atoms with van der Waals surface area (Å²) in [6.07, 6.45) is 1.71. The highest BCUT2D eigenvalue weighted by Crippen LogP contribution is 2.23. The quantitative estimate of drug-likeness (QED) is 0.472. The van der Waals surface area contributed by atoms with E-state index in [9.17, 15) is 10.1 Å². The Bertz CT molecular complexity index is 619. The molecule has 0 unspecified atom stereocenters. The molecule has 0 aliphatic rings. The van der Waals surface area contributed by atoms with Gasteiger partial charge in [-0.15, -0.1) is 0 Å². The third kappa shape index (κ3) is 3.63. The lowest BCUT2D eigenvalue weighted by Gasteiger charge is -2.21. The molecule has 0 amide bonds. The van der Waals surface area contributed by atoms with E-state index in [1.54, 1.807) is 6.20 Å². The number of hydrogen-bond donors (Lipinski definition) is 2. The molecule has 0 spiro atoms. The number of nitrogens with zero attached hydrogens (tertiary/aromatic N) is 4. The maximum Gasteiger partial charge on any atom is 0.276 e. The van der Waals surface area contributed by atoms with Crippen LogP contribution in [0, 0.1) is 10.1 Å². The molecule has 2 heterocycles. The molecule has 2 aromatic heterocycles. The molecule has 3 N–H and O–H groups in total. The van der Waals surface area contributed by atoms with Crippen molar-refractivity contribution in [3.05, 3.63) is 52.3 Å². The Balaban J connectivity index is 2.32. The number of nitro groups is 1. The zero-order valence-electron chi connectivity index (χ0n) is 11.6. The fourth-order valence-corrected chi connectivity index (χ4v) is 1.89. The fourth-order valence-electron chi connectivity index (χ4n) is 1.89. The Morgan fingerprint density at radius 1 is 1.43 bits per heavy atom. The lowest BCUT2D eigenvalue weighted by molar-refractivity contribution is -0.384. The van der Waals surface area contributed by atoms with E-state index in [1.165, 1.54) is 12.1 Å². The van der Waals surface area contributed by atoms with Gasteiger partial charge in [-0.2, -0.15) is 0 Å². The van der Waals surface area contributed by atoms with Gasteiger partial charge in [0, 0.05) is 12.7 Å². The Morgan fingerprint density at radius 2 is 2.24 bits per heavy atom. The Labute approximate surface area is 121 Å². The summed E-state index contributed by atoms with van der Waals surface area (Å²) in [6.45, 7) is 3.09. The van der Waals surface area contributed by atoms with Crippen LogP contribution in [0.25, 0.3) is 0 Å². The van der Waals surface area contributed by atoms with Crippen molar-refractivity contribution in [1.29, 1.82) is 0 Å². The van der Waals surface area contributed by atoms with E-state index < -0.39 is 4.92 Å². The molecule has 110 valence electrons. The van der Waals surface area contributed by atoms with Crippen LogP contribution in [-0.2, 0) is 6.54 Å². The summed E-state index contributed by atoms with van der Waals surface area (Å²) >= 11 is 0. The number of anilines is 2. The molecule has 2 rings (SSSR count). The number of nitrogens with two attached hydrogens (primary N) is 1. The van der Waals surface area contributed by atoms with Crippen molar-refractivity contribution in [1.82, 2.24) is 9.97 Å². The fraction of sp³-hybridized carbons (Fsp3) is 0.231. The summed E-state index contributed by atoms with van der Waals surface area (Å²) in [4.78, 5) is 20.9. The zero-order chi connectivity index (χ0) is 15.2. The average Bonchev–Trinajstić information content (AvgIpc) is 2.53. The van der Waals surface area contributed by atoms with E-state index in [4.69, 9.17) is 5.84 Å². The minimum atomic E-state index is -0.472. The van der Waals surface area contributed by atoms with E-state index in [-0.39, 0.29) is 11.5 Å². The van der Waals surface area contributed by atoms with E-state index >= 15 is 0 Å². The Kier molecular flexibility index (Phi) is 4.62. The highest BCUT2D eigenvalue weighted by molar-refractivity contribution is 5.55. The second kappa shape index (κ2) is 6.62. The van der Waals surface area contributed by atoms with Crippen LogP contribution in [0.2, 0.25) is 0 Å². The van der Waals surface area contributed by atoms with Gasteiger partial charge >= 0.3 is 0 Å². The molecule has 0 aliphatic heterocycles. The van der Waals surface area contributed by atoms with Crippen molar-refractivity contribution >= 4 is 17.3 Å². The molecule has 0 fully saturated rings. The molecule has 0 radical (unpaired) electrons. The standard InChI is InChI=1S/C13H16N6O2/c1-2-18(9-10-5-3-4-6-15-10)13-8-11(19(20)21)7-12(16-13)17-14/h3-8H,2,9,14H2,1H3,(H,16,17). The topological polar surface area (TPSA) is 110 Å². The van der Waals surface area contributed by atoms with Crippen molar-refractivity contribution in [2.24, 2.45) is 5.84 Å². The van der Waals surface area contributed by atoms with E-state index in [2.05, 4.69) is 15.4 Å². The smallest absolute Gasteiger partial charge is 0.276 e. The van der Waals surface area contributed by atoms with Crippen LogP contribution in [0.3, 0.4) is 0 Å². The van der Waals surface area contributed by atoms with Crippen LogP contribution in [0.4, 0.5) is 17.3 Å². The lowest BCUT2D eigenvalue weighted by atomic mass is 10.3. The van der Waals surface area contributed by atoms with Gasteiger partial charge in [-0.25, -0.2) is 10.8 Å². The first kappa shape index (κ1) is 14.7. The number of pyridine rings is 2. The number of hydrazine groups is 1. The van der Waals surface area contributed by atoms with Crippen molar-refractivity contribution in [2.45, 2.75) is 13.5 Å². The van der Waals surface area contributed by atoms with Crippen LogP contribution in [-0.4, -0.2) is 21.4 Å². The van der Waals surface area contributed by atoms with Gasteiger partial charge in [0.1, 0.15) is 11.6 Å². The van der Waals surface area contributed by atoms with Gasteiger partial charge in [-0.1, -0.05) is 6.07 Å². The predicted octanol–water partition coefficient (Wildman–Crippen LogP) is 1.70. The predicted molar refractivity (Wildman–Crippen MR) is 79.7 cm³/mol. The summed E-state index contributed by atoms with van der Waals surface area (Å²) in [5.41, 5.74) is 3.14. The molecule has 0 aliphatic carbocycles. The van der Waals surface area contributed by atoms with E-state index in [0.717, 1.165) is 5.69 Å². The SMILES string of the molecule is CCN(Cc1ccccn1)c1cc([N+](=O)[O-])cc(NN)n1. The minimum Gasteiger partial charge on any atom is -0.351 e. The summed E-state index contributed by atoms with van der Waals surface area (Å²) in [6, 6.07) is 8.33. The normalized spacial score (nSPS) is 10.2. The third-order valence-electron chi connectivity index (χ3n) is 2.94. The molecule has 0 atom stereocenters. The van der Waals surface area contributed by atoms with Gasteiger partial charge in [-0.3, -0.25) is 15.1 Å². The van der Waals surface area contributed by atoms with Crippen molar-refractivity contribution in [3.8, 4) is 0 Å². The van der Waals surface area contributed by atoms with Crippen molar-refractivity contribution in [2.75, 3.05) is 16.9 Å². The second-order valence-electron chi connectivity index (χ2n) is 4.31. The number of nitrogen functional groups attached to an aromatic ring is 1. The first-order valence-electron chi connectivity index (χ1n) is 6.42. The van der Waals surface area contributed by atoms with Gasteiger partial charge in [0.2, 0.25) is 0 Å². The first-order chi connectivity index (χ1) is 10.1. The minimum absolute atomic E-state index is 0.0626. The average molecular weight is 288 g/mol. The first-order valence-corrected chi connectivity index (χ1v) is 6.42. The number of aromatic nitrogens is 2. The van der Waals surface area contributed by atoms with Gasteiger partial charge in [0.05, 0.1) is 29.3 Å². The summed E-state index contributed by atoms with van der Waals surface area (Å²) in [5.74, 6) is 6.04. The van der Waals surface area contributed by atoms with E-state index in [1.807, 2.05) is 30.0 Å². The molecule has 2 aromatic rings. The monoisotopic (exact) mass is 288 g/mol. The lowest BCUT2D eigenvalue weighted by Crippen LogP contribution is -2.24. The molecular weight excluding hydrogens is 272 g/mol. The largest absolute Gasteiger partial charge is 0.351 e. The maximum atomic E-state index is 11.0. The maximum absolute atomic E-state index is 11.0. The molecule has 0 bridgehead atoms. The number of nitrogens with one attached hydrogen (secondary N) is 1. The van der Waals surface area contributed by atoms with Gasteiger partial charge < -0.3 is 10.3 Å². The summed E-state index contributed by atoms with van der Waals surface area (Å²) < 4.78 is 0. The molecule has 21 heavy (non-hydrogen) atoms. The van der Waals surface area contributed by atoms with Crippen LogP contribution in [0.1, 0.15) is 12.6 Å². The highest BCUT2D eigenvalue weighted by Gasteiger charge is 2.15. The van der Waals surface area contributed by atoms with Gasteiger partial charge in [-0.05, 0) is 19.1 Å². The third-order valence-corrected chi connectivity index (χ3v) is 2.94. The summed E-state index contributed by atoms with van der Waals surface area (Å²) in [5, 5.41) is 11.0. The van der Waals surface area contributed by atoms with Gasteiger partial charge in [0.25, 0.3) is 5.69 Å². The Hall–Kier alpha value is -2.74. The molecule has 0 saturated carbocycles. The molecule has 0 saturated heterocycles. The molecule has 8 nitrogen and oxygen atoms in total. The van der Waals surface area contributed by atoms with Crippen molar-refractivity contribution in [3.63, 3.8) is 0 Å². The summed E-state index contributed by atoms with van der Waals surface area (Å²) in [7, 11) is 0. The molecular formula is C13H16N6O2. The highest BCUT2D eigenvalue weighted by atomic mass is 16.6. The van der Waals surface area contributed by atoms with Crippen LogP contribution in [0.15, 0.2) is 36.5 Å². The van der Waals surface area contributed by atoms with Crippen LogP contribution in [0.5, 0.6) is 0 Å². The number of rotatable bonds is 6. The zero-order valence-corrected chi connectivity index (χ0v) is 11.6. The van der Waals surface area contributed by atoms with Crippen molar-refractivity contribution < 1.29 is 4.92 Å². The molecule has 8 heteroatoms. The van der Waals surface area contributed by atoms with Gasteiger partial charge in [0.15, 0.2) is 0 Å². The van der Waals surface area contributed by atoms with Crippen LogP contribution >= 0.6 is 0 Å². The Morgan fingerprint density at radius 3 is 2.81 bits per heavy atom. The number of hydrogen-bond acceptors (Lipinski definition) is 7. The van der Waals surface area contributed by atoms with E-state index in [0.29, 0.717) is 18.9 Å². The second-order valence-corrected chi connectivity index (χ2v) is 4.31. The molecule has 0 aromatic carbocycles. The van der Waals surface area contributed by atoms with Crippen LogP contribution < -0.4 is 16.2 Å².